The second kappa shape index (κ2) is 17.3. The fourth-order valence-corrected chi connectivity index (χ4v) is 7.14. The Bertz CT molecular complexity index is 1710. The van der Waals surface area contributed by atoms with E-state index in [-0.39, 0.29) is 62.6 Å². The number of nitrogens with one attached hydrogen (secondary N) is 2. The van der Waals surface area contributed by atoms with Crippen molar-refractivity contribution in [2.45, 2.75) is 75.9 Å². The van der Waals surface area contributed by atoms with Crippen molar-refractivity contribution < 1.29 is 50.1 Å². The summed E-state index contributed by atoms with van der Waals surface area (Å²) in [6.45, 7) is 10.7. The minimum absolute atomic E-state index is 0.0159. The molecule has 0 spiro atoms. The standard InChI is InChI=1S/C35H46F3N5O8S/c1-23-18-25(21-39)28-20-30(42-12-13-43(24(2)22-42)33(45)51-34(3,4)5)31(29(28)19-23)50-26-6-8-27(9-7-26)52(46,47)41-11-15-49-17-16-48-14-10-40-32(44)35(36,37)38/h6-9,18-19,24,30-31,41H,10-17,20,22H2,1-5H3,(H,40,44)/t24-,30+,31+/m1/s1. The molecule has 1 saturated heterocycles. The molecule has 0 saturated carbocycles. The van der Waals surface area contributed by atoms with E-state index >= 15 is 0 Å². The van der Waals surface area contributed by atoms with E-state index in [0.29, 0.717) is 37.4 Å². The molecule has 17 heteroatoms. The van der Waals surface area contributed by atoms with Crippen LogP contribution in [0, 0.1) is 18.3 Å². The molecule has 1 aliphatic heterocycles. The van der Waals surface area contributed by atoms with E-state index in [4.69, 9.17) is 18.9 Å². The van der Waals surface area contributed by atoms with Crippen LogP contribution in [0.25, 0.3) is 0 Å². The van der Waals surface area contributed by atoms with Gasteiger partial charge in [0.05, 0.1) is 49.0 Å². The molecule has 2 N–H and O–H groups in total. The highest BCUT2D eigenvalue weighted by Crippen LogP contribution is 2.41. The molecule has 3 atom stereocenters. The number of nitrogens with zero attached hydrogens (tertiary/aromatic N) is 3. The SMILES string of the molecule is Cc1cc(C#N)c2c(c1)[C@H](Oc1ccc(S(=O)(=O)NCCOCCOCCNC(=O)C(F)(F)F)cc1)[C@@H](N1CCN(C(=O)OC(C)(C)C)[C@H](C)C1)C2. The van der Waals surface area contributed by atoms with Crippen LogP contribution in [0.15, 0.2) is 41.3 Å². The number of benzene rings is 2. The molecule has 2 amide bonds. The van der Waals surface area contributed by atoms with Crippen LogP contribution in [0.4, 0.5) is 18.0 Å². The highest BCUT2D eigenvalue weighted by atomic mass is 32.2. The van der Waals surface area contributed by atoms with Crippen molar-refractivity contribution >= 4 is 22.0 Å². The number of rotatable bonds is 14. The largest absolute Gasteiger partial charge is 0.484 e. The van der Waals surface area contributed by atoms with Gasteiger partial charge in [-0.3, -0.25) is 9.69 Å². The number of carbonyl (C=O) groups excluding carboxylic acids is 2. The summed E-state index contributed by atoms with van der Waals surface area (Å²) in [5.41, 5.74) is 2.72. The first-order valence-electron chi connectivity index (χ1n) is 16.9. The molecular formula is C35H46F3N5O8S. The predicted molar refractivity (Wildman–Crippen MR) is 183 cm³/mol. The maximum absolute atomic E-state index is 12.9. The summed E-state index contributed by atoms with van der Waals surface area (Å²) < 4.78 is 87.3. The van der Waals surface area contributed by atoms with E-state index in [2.05, 4.69) is 15.7 Å². The van der Waals surface area contributed by atoms with Gasteiger partial charge in [0, 0.05) is 38.8 Å². The summed E-state index contributed by atoms with van der Waals surface area (Å²) in [5, 5.41) is 11.6. The number of alkyl halides is 3. The lowest BCUT2D eigenvalue weighted by Gasteiger charge is -2.43. The molecule has 1 aliphatic carbocycles. The maximum atomic E-state index is 12.9. The van der Waals surface area contributed by atoms with E-state index in [9.17, 15) is 36.4 Å². The number of nitriles is 1. The molecule has 52 heavy (non-hydrogen) atoms. The van der Waals surface area contributed by atoms with Gasteiger partial charge < -0.3 is 29.2 Å². The molecule has 4 rings (SSSR count). The number of hydrogen-bond acceptors (Lipinski definition) is 10. The molecule has 286 valence electrons. The molecule has 0 unspecified atom stereocenters. The van der Waals surface area contributed by atoms with Crippen molar-refractivity contribution in [3.63, 3.8) is 0 Å². The smallest absolute Gasteiger partial charge is 0.471 e. The quantitative estimate of drug-likeness (QED) is 0.272. The van der Waals surface area contributed by atoms with Gasteiger partial charge in [0.25, 0.3) is 0 Å². The second-order valence-corrected chi connectivity index (χ2v) is 15.4. The Morgan fingerprint density at radius 3 is 2.25 bits per heavy atom. The van der Waals surface area contributed by atoms with Crippen molar-refractivity contribution in [2.24, 2.45) is 0 Å². The van der Waals surface area contributed by atoms with Crippen LogP contribution < -0.4 is 14.8 Å². The van der Waals surface area contributed by atoms with Crippen molar-refractivity contribution in [3.8, 4) is 11.8 Å². The lowest BCUT2D eigenvalue weighted by atomic mass is 10.0. The Morgan fingerprint density at radius 2 is 1.65 bits per heavy atom. The number of amides is 2. The van der Waals surface area contributed by atoms with Crippen molar-refractivity contribution in [1.82, 2.24) is 19.8 Å². The number of fused-ring (bicyclic) bond motifs is 1. The van der Waals surface area contributed by atoms with Crippen LogP contribution in [0.5, 0.6) is 5.75 Å². The van der Waals surface area contributed by atoms with Crippen molar-refractivity contribution in [1.29, 1.82) is 5.26 Å². The molecule has 0 bridgehead atoms. The number of piperazine rings is 1. The maximum Gasteiger partial charge on any atom is 0.471 e. The van der Waals surface area contributed by atoms with E-state index in [1.54, 1.807) is 22.3 Å². The van der Waals surface area contributed by atoms with Gasteiger partial charge in [0.15, 0.2) is 0 Å². The second-order valence-electron chi connectivity index (χ2n) is 13.7. The van der Waals surface area contributed by atoms with Gasteiger partial charge in [0.2, 0.25) is 10.0 Å². The molecule has 1 fully saturated rings. The average molecular weight is 754 g/mol. The van der Waals surface area contributed by atoms with Gasteiger partial charge in [0.1, 0.15) is 17.5 Å². The average Bonchev–Trinajstić information content (AvgIpc) is 3.41. The number of hydrogen-bond donors (Lipinski definition) is 2. The molecule has 1 heterocycles. The van der Waals surface area contributed by atoms with Crippen LogP contribution in [0.3, 0.4) is 0 Å². The van der Waals surface area contributed by atoms with Gasteiger partial charge >= 0.3 is 18.2 Å². The summed E-state index contributed by atoms with van der Waals surface area (Å²) >= 11 is 0. The minimum Gasteiger partial charge on any atom is -0.484 e. The van der Waals surface area contributed by atoms with E-state index in [0.717, 1.165) is 16.7 Å². The van der Waals surface area contributed by atoms with E-state index in [1.807, 2.05) is 46.8 Å². The Balaban J connectivity index is 1.33. The Labute approximate surface area is 302 Å². The number of carbonyl (C=O) groups is 2. The first-order chi connectivity index (χ1) is 24.4. The van der Waals surface area contributed by atoms with Crippen LogP contribution in [-0.2, 0) is 35.4 Å². The van der Waals surface area contributed by atoms with Gasteiger partial charge in [-0.05, 0) is 88.1 Å². The first kappa shape index (κ1) is 40.8. The van der Waals surface area contributed by atoms with Gasteiger partial charge in [-0.2, -0.15) is 18.4 Å². The zero-order valence-corrected chi connectivity index (χ0v) is 30.7. The molecular weight excluding hydrogens is 707 g/mol. The summed E-state index contributed by atoms with van der Waals surface area (Å²) in [5.74, 6) is -1.60. The zero-order valence-electron chi connectivity index (χ0n) is 29.9. The molecule has 2 aromatic carbocycles. The van der Waals surface area contributed by atoms with Crippen LogP contribution >= 0.6 is 0 Å². The van der Waals surface area contributed by atoms with Crippen molar-refractivity contribution in [2.75, 3.05) is 59.2 Å². The minimum atomic E-state index is -4.95. The van der Waals surface area contributed by atoms with Gasteiger partial charge in [-0.1, -0.05) is 6.07 Å². The Morgan fingerprint density at radius 1 is 1.00 bits per heavy atom. The lowest BCUT2D eigenvalue weighted by Crippen LogP contribution is -2.58. The molecule has 0 radical (unpaired) electrons. The number of aryl methyl sites for hydroxylation is 1. The third-order valence-corrected chi connectivity index (χ3v) is 9.95. The van der Waals surface area contributed by atoms with Crippen LogP contribution in [-0.4, -0.2) is 113 Å². The van der Waals surface area contributed by atoms with Crippen LogP contribution in [0.1, 0.15) is 56.1 Å². The van der Waals surface area contributed by atoms with E-state index < -0.39 is 33.8 Å². The van der Waals surface area contributed by atoms with E-state index in [1.165, 1.54) is 12.1 Å². The number of ether oxygens (including phenoxy) is 4. The topological polar surface area (TPSA) is 160 Å². The summed E-state index contributed by atoms with van der Waals surface area (Å²) in [7, 11) is -3.89. The monoisotopic (exact) mass is 753 g/mol. The normalized spacial score (nSPS) is 19.5. The predicted octanol–water partition coefficient (Wildman–Crippen LogP) is 3.84. The fourth-order valence-electron chi connectivity index (χ4n) is 6.13. The Hall–Kier alpha value is -3.95. The summed E-state index contributed by atoms with van der Waals surface area (Å²) in [6.07, 6.45) is -5.19. The van der Waals surface area contributed by atoms with Gasteiger partial charge in [-0.25, -0.2) is 17.9 Å². The van der Waals surface area contributed by atoms with Crippen LogP contribution in [0.2, 0.25) is 0 Å². The number of halogens is 3. The third-order valence-electron chi connectivity index (χ3n) is 8.47. The molecule has 2 aromatic rings. The number of sulfonamides is 1. The fraction of sp³-hybridized carbons (Fsp3) is 0.571. The molecule has 0 aromatic heterocycles. The summed E-state index contributed by atoms with van der Waals surface area (Å²) in [4.78, 5) is 27.6. The highest BCUT2D eigenvalue weighted by Gasteiger charge is 2.43. The third kappa shape index (κ3) is 11.0. The highest BCUT2D eigenvalue weighted by molar-refractivity contribution is 7.89. The Kier molecular flexibility index (Phi) is 13.5. The molecule has 13 nitrogen and oxygen atoms in total. The zero-order chi connectivity index (χ0) is 38.3. The van der Waals surface area contributed by atoms with Gasteiger partial charge in [-0.15, -0.1) is 0 Å². The first-order valence-corrected chi connectivity index (χ1v) is 18.4. The molecule has 2 aliphatic rings. The summed E-state index contributed by atoms with van der Waals surface area (Å²) in [6, 6.07) is 12.0. The lowest BCUT2D eigenvalue weighted by molar-refractivity contribution is -0.173. The van der Waals surface area contributed by atoms with Crippen molar-refractivity contribution in [3.05, 3.63) is 58.7 Å².